The molecule has 0 radical (unpaired) electrons. The molecular weight excluding hydrogens is 381 g/mol. The van der Waals surface area contributed by atoms with Crippen LogP contribution in [0.15, 0.2) is 36.4 Å². The second kappa shape index (κ2) is 7.51. The second-order valence-electron chi connectivity index (χ2n) is 7.36. The Labute approximate surface area is 166 Å². The molecule has 0 aliphatic carbocycles. The van der Waals surface area contributed by atoms with Gasteiger partial charge in [-0.2, -0.15) is 13.2 Å². The van der Waals surface area contributed by atoms with Crippen molar-refractivity contribution in [3.05, 3.63) is 47.5 Å². The Hall–Kier alpha value is -2.87. The highest BCUT2D eigenvalue weighted by Crippen LogP contribution is 2.38. The van der Waals surface area contributed by atoms with Crippen LogP contribution < -0.4 is 10.6 Å². The molecule has 0 unspecified atom stereocenters. The van der Waals surface area contributed by atoms with Gasteiger partial charge >= 0.3 is 6.18 Å². The van der Waals surface area contributed by atoms with Crippen LogP contribution in [0.4, 0.5) is 19.0 Å². The average Bonchev–Trinajstić information content (AvgIpc) is 2.68. The van der Waals surface area contributed by atoms with Crippen molar-refractivity contribution in [1.82, 2.24) is 15.5 Å². The maximum absolute atomic E-state index is 13.3. The number of benzene rings is 2. The van der Waals surface area contributed by atoms with Gasteiger partial charge in [-0.05, 0) is 56.1 Å². The molecule has 1 saturated heterocycles. The van der Waals surface area contributed by atoms with E-state index in [0.717, 1.165) is 37.1 Å². The molecule has 1 aliphatic rings. The summed E-state index contributed by atoms with van der Waals surface area (Å²) in [4.78, 5) is 0. The molecule has 0 spiro atoms. The average molecular weight is 402 g/mol. The Bertz CT molecular complexity index is 1050. The number of aromatic nitrogens is 2. The Morgan fingerprint density at radius 1 is 1.10 bits per heavy atom. The van der Waals surface area contributed by atoms with Crippen LogP contribution in [-0.2, 0) is 6.18 Å². The van der Waals surface area contributed by atoms with Crippen molar-refractivity contribution in [1.29, 1.82) is 0 Å². The van der Waals surface area contributed by atoms with Gasteiger partial charge in [-0.1, -0.05) is 12.1 Å². The van der Waals surface area contributed by atoms with Crippen LogP contribution in [-0.4, -0.2) is 34.4 Å². The summed E-state index contributed by atoms with van der Waals surface area (Å²) in [5.41, 5.74) is 0.894. The fraction of sp³-hybridized carbons (Fsp3) is 0.333. The fourth-order valence-corrected chi connectivity index (χ4v) is 3.65. The second-order valence-corrected chi connectivity index (χ2v) is 7.36. The van der Waals surface area contributed by atoms with Crippen LogP contribution in [0.25, 0.3) is 22.0 Å². The minimum absolute atomic E-state index is 0.0117. The molecule has 0 saturated carbocycles. The van der Waals surface area contributed by atoms with Gasteiger partial charge in [0, 0.05) is 28.9 Å². The Morgan fingerprint density at radius 2 is 1.93 bits per heavy atom. The first-order chi connectivity index (χ1) is 13.8. The van der Waals surface area contributed by atoms with E-state index in [1.54, 1.807) is 12.1 Å². The van der Waals surface area contributed by atoms with Crippen LogP contribution in [0, 0.1) is 6.92 Å². The van der Waals surface area contributed by atoms with E-state index in [2.05, 4.69) is 20.8 Å². The SMILES string of the molecule is Cc1ccc(-c2nnc(N[C@@H]3CCCNC3)c3cc(C(F)(F)F)ccc23)c(O)c1. The zero-order valence-corrected chi connectivity index (χ0v) is 15.8. The molecule has 1 atom stereocenters. The molecule has 4 rings (SSSR count). The van der Waals surface area contributed by atoms with E-state index >= 15 is 0 Å². The lowest BCUT2D eigenvalue weighted by Gasteiger charge is -2.25. The molecule has 5 nitrogen and oxygen atoms in total. The predicted molar refractivity (Wildman–Crippen MR) is 106 cm³/mol. The lowest BCUT2D eigenvalue weighted by Crippen LogP contribution is -2.38. The molecular formula is C21H21F3N4O. The first kappa shape index (κ1) is 19.4. The van der Waals surface area contributed by atoms with Gasteiger partial charge in [-0.25, -0.2) is 0 Å². The lowest BCUT2D eigenvalue weighted by molar-refractivity contribution is -0.137. The van der Waals surface area contributed by atoms with E-state index in [0.29, 0.717) is 34.4 Å². The van der Waals surface area contributed by atoms with Crippen molar-refractivity contribution in [3.8, 4) is 17.0 Å². The molecule has 8 heteroatoms. The highest BCUT2D eigenvalue weighted by Gasteiger charge is 2.31. The molecule has 152 valence electrons. The topological polar surface area (TPSA) is 70.1 Å². The number of rotatable bonds is 3. The molecule has 1 fully saturated rings. The highest BCUT2D eigenvalue weighted by atomic mass is 19.4. The van der Waals surface area contributed by atoms with E-state index in [1.165, 1.54) is 6.07 Å². The monoisotopic (exact) mass is 402 g/mol. The minimum atomic E-state index is -4.46. The number of fused-ring (bicyclic) bond motifs is 1. The number of aromatic hydroxyl groups is 1. The summed E-state index contributed by atoms with van der Waals surface area (Å²) in [5, 5.41) is 26.1. The minimum Gasteiger partial charge on any atom is -0.507 e. The summed E-state index contributed by atoms with van der Waals surface area (Å²) >= 11 is 0. The third-order valence-corrected chi connectivity index (χ3v) is 5.15. The summed E-state index contributed by atoms with van der Waals surface area (Å²) in [5.74, 6) is 0.327. The number of hydrogen-bond donors (Lipinski definition) is 3. The number of nitrogens with zero attached hydrogens (tertiary/aromatic N) is 2. The molecule has 3 N–H and O–H groups in total. The van der Waals surface area contributed by atoms with E-state index in [9.17, 15) is 18.3 Å². The number of nitrogens with one attached hydrogen (secondary N) is 2. The van der Waals surface area contributed by atoms with Crippen molar-refractivity contribution in [2.75, 3.05) is 18.4 Å². The number of phenolic OH excluding ortho intramolecular Hbond substituents is 1. The summed E-state index contributed by atoms with van der Waals surface area (Å²) in [7, 11) is 0. The highest BCUT2D eigenvalue weighted by molar-refractivity contribution is 6.01. The first-order valence-corrected chi connectivity index (χ1v) is 9.48. The van der Waals surface area contributed by atoms with E-state index in [4.69, 9.17) is 0 Å². The van der Waals surface area contributed by atoms with Crippen LogP contribution in [0.1, 0.15) is 24.0 Å². The molecule has 1 aliphatic heterocycles. The van der Waals surface area contributed by atoms with Gasteiger partial charge in [-0.3, -0.25) is 0 Å². The number of alkyl halides is 3. The van der Waals surface area contributed by atoms with Gasteiger partial charge in [0.25, 0.3) is 0 Å². The van der Waals surface area contributed by atoms with Crippen molar-refractivity contribution in [3.63, 3.8) is 0 Å². The number of halogens is 3. The van der Waals surface area contributed by atoms with Crippen LogP contribution in [0.2, 0.25) is 0 Å². The zero-order valence-electron chi connectivity index (χ0n) is 15.8. The number of aryl methyl sites for hydroxylation is 1. The summed E-state index contributed by atoms with van der Waals surface area (Å²) < 4.78 is 40.0. The van der Waals surface area contributed by atoms with Gasteiger partial charge in [0.1, 0.15) is 11.4 Å². The maximum atomic E-state index is 13.3. The number of hydrogen-bond acceptors (Lipinski definition) is 5. The molecule has 1 aromatic heterocycles. The third kappa shape index (κ3) is 3.98. The molecule has 2 heterocycles. The Kier molecular flexibility index (Phi) is 5.04. The molecule has 0 amide bonds. The van der Waals surface area contributed by atoms with E-state index < -0.39 is 11.7 Å². The van der Waals surface area contributed by atoms with Gasteiger partial charge < -0.3 is 15.7 Å². The normalized spacial score (nSPS) is 17.4. The van der Waals surface area contributed by atoms with Crippen molar-refractivity contribution < 1.29 is 18.3 Å². The number of anilines is 1. The maximum Gasteiger partial charge on any atom is 0.416 e. The fourth-order valence-electron chi connectivity index (χ4n) is 3.65. The third-order valence-electron chi connectivity index (χ3n) is 5.15. The predicted octanol–water partition coefficient (Wildman–Crippen LogP) is 4.49. The van der Waals surface area contributed by atoms with Crippen molar-refractivity contribution >= 4 is 16.6 Å². The van der Waals surface area contributed by atoms with Gasteiger partial charge in [-0.15, -0.1) is 10.2 Å². The Morgan fingerprint density at radius 3 is 2.62 bits per heavy atom. The quantitative estimate of drug-likeness (QED) is 0.602. The standard InChI is InChI=1S/C21H21F3N4O/c1-12-4-6-16(18(29)9-12)19-15-7-5-13(21(22,23)24)10-17(15)20(28-27-19)26-14-3-2-8-25-11-14/h4-7,9-10,14,25,29H,2-3,8,11H2,1H3,(H,26,28)/t14-/m1/s1. The lowest BCUT2D eigenvalue weighted by atomic mass is 10.00. The number of piperidine rings is 1. The van der Waals surface area contributed by atoms with E-state index in [-0.39, 0.29) is 11.8 Å². The Balaban J connectivity index is 1.87. The molecule has 29 heavy (non-hydrogen) atoms. The van der Waals surface area contributed by atoms with Gasteiger partial charge in [0.05, 0.1) is 5.56 Å². The van der Waals surface area contributed by atoms with Crippen LogP contribution in [0.3, 0.4) is 0 Å². The largest absolute Gasteiger partial charge is 0.507 e. The molecule has 3 aromatic rings. The van der Waals surface area contributed by atoms with Crippen molar-refractivity contribution in [2.45, 2.75) is 32.0 Å². The molecule has 0 bridgehead atoms. The van der Waals surface area contributed by atoms with Crippen LogP contribution >= 0.6 is 0 Å². The summed E-state index contributed by atoms with van der Waals surface area (Å²) in [6, 6.07) is 8.69. The smallest absolute Gasteiger partial charge is 0.416 e. The molecule has 2 aromatic carbocycles. The van der Waals surface area contributed by atoms with Crippen molar-refractivity contribution in [2.24, 2.45) is 0 Å². The van der Waals surface area contributed by atoms with Crippen LogP contribution in [0.5, 0.6) is 5.75 Å². The zero-order chi connectivity index (χ0) is 20.6. The summed E-state index contributed by atoms with van der Waals surface area (Å²) in [6.45, 7) is 3.48. The number of phenols is 1. The first-order valence-electron chi connectivity index (χ1n) is 9.48. The van der Waals surface area contributed by atoms with Gasteiger partial charge in [0.15, 0.2) is 5.82 Å². The van der Waals surface area contributed by atoms with E-state index in [1.807, 2.05) is 13.0 Å². The summed E-state index contributed by atoms with van der Waals surface area (Å²) in [6.07, 6.45) is -2.59. The van der Waals surface area contributed by atoms with Gasteiger partial charge in [0.2, 0.25) is 0 Å².